The van der Waals surface area contributed by atoms with Gasteiger partial charge in [0.25, 0.3) is 5.69 Å². The quantitative estimate of drug-likeness (QED) is 0.250. The lowest BCUT2D eigenvalue weighted by Crippen LogP contribution is -2.41. The summed E-state index contributed by atoms with van der Waals surface area (Å²) in [4.78, 5) is 21.0. The number of benzene rings is 2. The van der Waals surface area contributed by atoms with Crippen LogP contribution in [-0.4, -0.2) is 15.6 Å². The fraction of sp³-hybridized carbons (Fsp3) is 0.143. The van der Waals surface area contributed by atoms with Crippen molar-refractivity contribution < 1.29 is 14.4 Å². The molecule has 10 heteroatoms. The second-order valence-electron chi connectivity index (χ2n) is 6.80. The van der Waals surface area contributed by atoms with E-state index in [-0.39, 0.29) is 11.4 Å². The fourth-order valence-corrected chi connectivity index (χ4v) is 3.05. The molecule has 0 saturated carbocycles. The van der Waals surface area contributed by atoms with Crippen LogP contribution in [0, 0.1) is 34.1 Å². The van der Waals surface area contributed by atoms with E-state index in [1.165, 1.54) is 12.1 Å². The summed E-state index contributed by atoms with van der Waals surface area (Å²) in [5.41, 5.74) is 5.48. The highest BCUT2D eigenvalue weighted by Gasteiger charge is 2.20. The molecule has 0 atom stereocenters. The van der Waals surface area contributed by atoms with E-state index >= 15 is 0 Å². The molecular formula is C21H19ClN5O4+. The van der Waals surface area contributed by atoms with Gasteiger partial charge in [-0.15, -0.1) is 0 Å². The summed E-state index contributed by atoms with van der Waals surface area (Å²) < 4.78 is 2.01. The van der Waals surface area contributed by atoms with E-state index in [1.54, 1.807) is 24.3 Å². The number of hydrogen-bond donors (Lipinski definition) is 1. The predicted octanol–water partition coefficient (Wildman–Crippen LogP) is 4.58. The summed E-state index contributed by atoms with van der Waals surface area (Å²) in [6.45, 7) is 4.38. The molecule has 0 bridgehead atoms. The molecular weight excluding hydrogens is 422 g/mol. The molecule has 3 rings (SSSR count). The zero-order valence-electron chi connectivity index (χ0n) is 16.8. The monoisotopic (exact) mass is 440 g/mol. The second-order valence-corrected chi connectivity index (χ2v) is 7.23. The van der Waals surface area contributed by atoms with Crippen LogP contribution < -0.4 is 9.99 Å². The minimum atomic E-state index is -0.688. The third kappa shape index (κ3) is 5.20. The van der Waals surface area contributed by atoms with E-state index in [1.807, 2.05) is 36.7 Å². The van der Waals surface area contributed by atoms with Crippen LogP contribution in [0.1, 0.15) is 16.8 Å². The van der Waals surface area contributed by atoms with Gasteiger partial charge in [0, 0.05) is 35.2 Å². The Morgan fingerprint density at radius 2 is 1.77 bits per heavy atom. The van der Waals surface area contributed by atoms with Crippen molar-refractivity contribution in [3.05, 3.63) is 103 Å². The van der Waals surface area contributed by atoms with Gasteiger partial charge in [0.1, 0.15) is 11.4 Å². The Morgan fingerprint density at radius 3 is 2.42 bits per heavy atom. The molecule has 9 nitrogen and oxygen atoms in total. The number of anilines is 1. The number of non-ortho nitro benzene ring substituents is 1. The first-order valence-electron chi connectivity index (χ1n) is 9.23. The zero-order chi connectivity index (χ0) is 22.5. The fourth-order valence-electron chi connectivity index (χ4n) is 2.92. The summed E-state index contributed by atoms with van der Waals surface area (Å²) in [6, 6.07) is 14.4. The molecule has 31 heavy (non-hydrogen) atoms. The number of nitrogens with one attached hydrogen (secondary N) is 1. The van der Waals surface area contributed by atoms with Crippen molar-refractivity contribution in [2.45, 2.75) is 20.4 Å². The van der Waals surface area contributed by atoms with E-state index < -0.39 is 15.5 Å². The minimum absolute atomic E-state index is 0.0491. The Bertz CT molecular complexity index is 1180. The van der Waals surface area contributed by atoms with Crippen molar-refractivity contribution in [2.24, 2.45) is 5.10 Å². The number of hydrogen-bond acceptors (Lipinski definition) is 6. The largest absolute Gasteiger partial charge is 0.301 e. The van der Waals surface area contributed by atoms with Gasteiger partial charge in [0.15, 0.2) is 18.4 Å². The Kier molecular flexibility index (Phi) is 6.56. The topological polar surface area (TPSA) is 115 Å². The third-order valence-electron chi connectivity index (χ3n) is 4.81. The third-order valence-corrected chi connectivity index (χ3v) is 5.06. The molecule has 2 aromatic carbocycles. The normalized spacial score (nSPS) is 11.3. The van der Waals surface area contributed by atoms with Crippen LogP contribution in [0.4, 0.5) is 17.1 Å². The highest BCUT2D eigenvalue weighted by atomic mass is 35.5. The van der Waals surface area contributed by atoms with Gasteiger partial charge in [-0.3, -0.25) is 25.7 Å². The average Bonchev–Trinajstić information content (AvgIpc) is 2.74. The van der Waals surface area contributed by atoms with Crippen LogP contribution in [0.5, 0.6) is 0 Å². The van der Waals surface area contributed by atoms with Gasteiger partial charge in [-0.2, -0.15) is 9.67 Å². The highest BCUT2D eigenvalue weighted by Crippen LogP contribution is 2.29. The average molecular weight is 441 g/mol. The molecule has 0 unspecified atom stereocenters. The van der Waals surface area contributed by atoms with Crippen LogP contribution in [-0.2, 0) is 6.54 Å². The van der Waals surface area contributed by atoms with E-state index in [4.69, 9.17) is 11.6 Å². The molecule has 0 amide bonds. The van der Waals surface area contributed by atoms with Crippen molar-refractivity contribution >= 4 is 34.4 Å². The standard InChI is InChI=1S/C21H19ClN5O4/c1-14-4-3-11-25(15(14)2)13-20(16-5-7-17(22)8-6-16)24-23-19-10-9-18(26(28)29)12-21(19)27(30)31/h3-12,23H,13H2,1-2H3/q+1/b24-20+. The maximum absolute atomic E-state index is 11.4. The highest BCUT2D eigenvalue weighted by molar-refractivity contribution is 6.30. The van der Waals surface area contributed by atoms with Gasteiger partial charge < -0.3 is 0 Å². The minimum Gasteiger partial charge on any atom is -0.271 e. The van der Waals surface area contributed by atoms with Crippen LogP contribution in [0.25, 0.3) is 0 Å². The first-order valence-corrected chi connectivity index (χ1v) is 9.61. The van der Waals surface area contributed by atoms with Gasteiger partial charge in [-0.05, 0) is 31.2 Å². The van der Waals surface area contributed by atoms with Crippen molar-refractivity contribution in [3.63, 3.8) is 0 Å². The van der Waals surface area contributed by atoms with Gasteiger partial charge in [-0.1, -0.05) is 23.7 Å². The maximum atomic E-state index is 11.4. The Morgan fingerprint density at radius 1 is 1.06 bits per heavy atom. The van der Waals surface area contributed by atoms with Crippen molar-refractivity contribution in [1.82, 2.24) is 0 Å². The van der Waals surface area contributed by atoms with Crippen molar-refractivity contribution in [2.75, 3.05) is 5.43 Å². The molecule has 0 saturated heterocycles. The molecule has 0 radical (unpaired) electrons. The lowest BCUT2D eigenvalue weighted by atomic mass is 10.1. The van der Waals surface area contributed by atoms with Crippen molar-refractivity contribution in [3.8, 4) is 0 Å². The van der Waals surface area contributed by atoms with Gasteiger partial charge in [0.2, 0.25) is 0 Å². The SMILES string of the molecule is Cc1ccc[n+](C/C(=N\Nc2ccc([N+](=O)[O-])cc2[N+](=O)[O-])c2ccc(Cl)cc2)c1C. The summed E-state index contributed by atoms with van der Waals surface area (Å²) in [5, 5.41) is 27.3. The van der Waals surface area contributed by atoms with E-state index in [2.05, 4.69) is 10.5 Å². The first kappa shape index (κ1) is 21.8. The van der Waals surface area contributed by atoms with Gasteiger partial charge in [-0.25, -0.2) is 0 Å². The number of halogens is 1. The Hall–Kier alpha value is -3.85. The van der Waals surface area contributed by atoms with Crippen LogP contribution in [0.15, 0.2) is 65.9 Å². The Labute approximate surface area is 182 Å². The number of rotatable bonds is 7. The second kappa shape index (κ2) is 9.31. The Balaban J connectivity index is 2.01. The molecule has 1 heterocycles. The summed E-state index contributed by atoms with van der Waals surface area (Å²) in [5.74, 6) is 0. The number of nitrogens with zero attached hydrogens (tertiary/aromatic N) is 4. The molecule has 158 valence electrons. The van der Waals surface area contributed by atoms with Crippen LogP contribution in [0.2, 0.25) is 5.02 Å². The summed E-state index contributed by atoms with van der Waals surface area (Å²) >= 11 is 6.00. The molecule has 0 aliphatic rings. The number of hydrazone groups is 1. The van der Waals surface area contributed by atoms with Gasteiger partial charge in [0.05, 0.1) is 15.9 Å². The smallest absolute Gasteiger partial charge is 0.271 e. The zero-order valence-corrected chi connectivity index (χ0v) is 17.5. The number of aryl methyl sites for hydroxylation is 1. The maximum Gasteiger partial charge on any atom is 0.301 e. The van der Waals surface area contributed by atoms with E-state index in [0.717, 1.165) is 22.9 Å². The number of nitro benzene ring substituents is 2. The summed E-state index contributed by atoms with van der Waals surface area (Å²) in [7, 11) is 0. The molecule has 1 aromatic heterocycles. The molecule has 0 fully saturated rings. The summed E-state index contributed by atoms with van der Waals surface area (Å²) in [6.07, 6.45) is 1.92. The lowest BCUT2D eigenvalue weighted by molar-refractivity contribution is -0.688. The van der Waals surface area contributed by atoms with Gasteiger partial charge >= 0.3 is 5.69 Å². The number of nitro groups is 2. The molecule has 0 aliphatic carbocycles. The van der Waals surface area contributed by atoms with Crippen molar-refractivity contribution in [1.29, 1.82) is 0 Å². The van der Waals surface area contributed by atoms with Crippen LogP contribution >= 0.6 is 11.6 Å². The number of pyridine rings is 1. The van der Waals surface area contributed by atoms with E-state index in [9.17, 15) is 20.2 Å². The molecule has 0 spiro atoms. The molecule has 0 aliphatic heterocycles. The van der Waals surface area contributed by atoms with Crippen LogP contribution in [0.3, 0.4) is 0 Å². The van der Waals surface area contributed by atoms with E-state index in [0.29, 0.717) is 17.3 Å². The molecule has 1 N–H and O–H groups in total. The molecule has 3 aromatic rings. The number of aromatic nitrogens is 1. The lowest BCUT2D eigenvalue weighted by Gasteiger charge is -2.08. The predicted molar refractivity (Wildman–Crippen MR) is 117 cm³/mol. The first-order chi connectivity index (χ1) is 14.8.